The Balaban J connectivity index is 2.24. The van der Waals surface area contributed by atoms with Crippen LogP contribution in [0.15, 0.2) is 41.4 Å². The number of sulfonamides is 1. The van der Waals surface area contributed by atoms with E-state index < -0.39 is 10.0 Å². The van der Waals surface area contributed by atoms with Gasteiger partial charge in [-0.25, -0.2) is 23.1 Å². The van der Waals surface area contributed by atoms with E-state index in [4.69, 9.17) is 5.26 Å². The maximum atomic E-state index is 12.1. The molecule has 0 saturated heterocycles. The molecule has 0 aliphatic carbocycles. The van der Waals surface area contributed by atoms with Crippen molar-refractivity contribution in [2.45, 2.75) is 18.2 Å². The van der Waals surface area contributed by atoms with Crippen LogP contribution in [-0.4, -0.2) is 18.4 Å². The summed E-state index contributed by atoms with van der Waals surface area (Å²) in [5, 5.41) is 8.57. The third-order valence-electron chi connectivity index (χ3n) is 2.54. The second-order valence-corrected chi connectivity index (χ2v) is 5.79. The van der Waals surface area contributed by atoms with Crippen molar-refractivity contribution >= 4 is 16.0 Å². The van der Waals surface area contributed by atoms with Gasteiger partial charge in [0.15, 0.2) is 0 Å². The second-order valence-electron chi connectivity index (χ2n) is 4.11. The van der Waals surface area contributed by atoms with Crippen LogP contribution in [0.4, 0.5) is 5.95 Å². The number of anilines is 1. The van der Waals surface area contributed by atoms with Crippen molar-refractivity contribution in [1.29, 1.82) is 5.26 Å². The van der Waals surface area contributed by atoms with Crippen molar-refractivity contribution in [2.24, 2.45) is 0 Å². The van der Waals surface area contributed by atoms with E-state index in [1.807, 2.05) is 6.07 Å². The first-order valence-corrected chi connectivity index (χ1v) is 7.28. The molecule has 6 nitrogen and oxygen atoms in total. The molecule has 0 radical (unpaired) electrons. The summed E-state index contributed by atoms with van der Waals surface area (Å²) in [4.78, 5) is 7.94. The number of nitriles is 1. The average molecular weight is 288 g/mol. The van der Waals surface area contributed by atoms with E-state index in [9.17, 15) is 8.42 Å². The third-order valence-corrected chi connectivity index (χ3v) is 3.88. The molecule has 1 aromatic carbocycles. The van der Waals surface area contributed by atoms with Crippen LogP contribution in [0.1, 0.15) is 11.3 Å². The summed E-state index contributed by atoms with van der Waals surface area (Å²) in [7, 11) is -3.72. The lowest BCUT2D eigenvalue weighted by atomic mass is 10.2. The first kappa shape index (κ1) is 14.0. The first-order chi connectivity index (χ1) is 9.51. The fourth-order valence-electron chi connectivity index (χ4n) is 1.55. The molecule has 0 aliphatic heterocycles. The summed E-state index contributed by atoms with van der Waals surface area (Å²) in [5.41, 5.74) is 1.43. The van der Waals surface area contributed by atoms with Crippen molar-refractivity contribution in [2.75, 3.05) is 4.72 Å². The molecule has 0 bridgehead atoms. The molecule has 0 aliphatic rings. The van der Waals surface area contributed by atoms with E-state index in [0.29, 0.717) is 5.69 Å². The molecule has 0 unspecified atom stereocenters. The molecule has 1 aromatic heterocycles. The number of aromatic nitrogens is 2. The molecule has 7 heteroatoms. The summed E-state index contributed by atoms with van der Waals surface area (Å²) in [6.45, 7) is 1.75. The number of hydrogen-bond acceptors (Lipinski definition) is 5. The van der Waals surface area contributed by atoms with Gasteiger partial charge in [-0.2, -0.15) is 5.26 Å². The molecular formula is C13H12N4O2S. The quantitative estimate of drug-likeness (QED) is 0.922. The predicted octanol–water partition coefficient (Wildman–Crippen LogP) is 1.65. The Morgan fingerprint density at radius 3 is 2.55 bits per heavy atom. The molecule has 20 heavy (non-hydrogen) atoms. The maximum Gasteiger partial charge on any atom is 0.264 e. The smallest absolute Gasteiger partial charge is 0.247 e. The van der Waals surface area contributed by atoms with Crippen molar-refractivity contribution in [3.8, 4) is 6.07 Å². The Morgan fingerprint density at radius 1 is 1.25 bits per heavy atom. The van der Waals surface area contributed by atoms with Crippen molar-refractivity contribution in [3.05, 3.63) is 47.8 Å². The lowest BCUT2D eigenvalue weighted by molar-refractivity contribution is 0.600. The maximum absolute atomic E-state index is 12.1. The summed E-state index contributed by atoms with van der Waals surface area (Å²) < 4.78 is 26.6. The molecule has 0 atom stereocenters. The Hall–Kier alpha value is -2.46. The lowest BCUT2D eigenvalue weighted by Crippen LogP contribution is -2.15. The van der Waals surface area contributed by atoms with E-state index in [0.717, 1.165) is 5.56 Å². The second kappa shape index (κ2) is 5.67. The van der Waals surface area contributed by atoms with Crippen LogP contribution < -0.4 is 4.72 Å². The zero-order chi connectivity index (χ0) is 14.6. The van der Waals surface area contributed by atoms with E-state index in [1.54, 1.807) is 25.1 Å². The van der Waals surface area contributed by atoms with Gasteiger partial charge >= 0.3 is 0 Å². The summed E-state index contributed by atoms with van der Waals surface area (Å²) in [6, 6.07) is 9.79. The fourth-order valence-corrected chi connectivity index (χ4v) is 2.51. The largest absolute Gasteiger partial charge is 0.264 e. The Bertz CT molecular complexity index is 749. The zero-order valence-corrected chi connectivity index (χ0v) is 11.6. The molecule has 0 amide bonds. The fraction of sp³-hybridized carbons (Fsp3) is 0.154. The third kappa shape index (κ3) is 3.30. The number of nitrogens with one attached hydrogen (secondary N) is 1. The topological polar surface area (TPSA) is 95.7 Å². The van der Waals surface area contributed by atoms with Crippen molar-refractivity contribution in [1.82, 2.24) is 9.97 Å². The minimum atomic E-state index is -3.72. The van der Waals surface area contributed by atoms with Crippen LogP contribution >= 0.6 is 0 Å². The van der Waals surface area contributed by atoms with E-state index in [2.05, 4.69) is 14.7 Å². The summed E-state index contributed by atoms with van der Waals surface area (Å²) in [5.74, 6) is 0.0334. The standard InChI is InChI=1S/C13H12N4O2S/c1-10-7-9-15-13(16-10)17-20(18,19)12-4-2-11(3-5-12)6-8-14/h2-5,7,9H,6H2,1H3,(H,15,16,17). The molecule has 102 valence electrons. The van der Waals surface area contributed by atoms with Gasteiger partial charge in [0.1, 0.15) is 0 Å². The van der Waals surface area contributed by atoms with Gasteiger partial charge < -0.3 is 0 Å². The highest BCUT2D eigenvalue weighted by Gasteiger charge is 2.15. The molecule has 2 aromatic rings. The average Bonchev–Trinajstić information content (AvgIpc) is 2.39. The first-order valence-electron chi connectivity index (χ1n) is 5.79. The van der Waals surface area contributed by atoms with Gasteiger partial charge in [-0.15, -0.1) is 0 Å². The van der Waals surface area contributed by atoms with E-state index in [-0.39, 0.29) is 17.3 Å². The van der Waals surface area contributed by atoms with Crippen molar-refractivity contribution < 1.29 is 8.42 Å². The number of benzene rings is 1. The number of nitrogens with zero attached hydrogens (tertiary/aromatic N) is 3. The van der Waals surface area contributed by atoms with Crippen LogP contribution in [0, 0.1) is 18.3 Å². The summed E-state index contributed by atoms with van der Waals surface area (Å²) >= 11 is 0. The molecule has 1 N–H and O–H groups in total. The summed E-state index contributed by atoms with van der Waals surface area (Å²) in [6.07, 6.45) is 1.73. The molecule has 0 saturated carbocycles. The van der Waals surface area contributed by atoms with Gasteiger partial charge in [0.25, 0.3) is 10.0 Å². The van der Waals surface area contributed by atoms with Gasteiger partial charge in [-0.05, 0) is 30.7 Å². The molecule has 0 fully saturated rings. The van der Waals surface area contributed by atoms with Gasteiger partial charge in [-0.3, -0.25) is 0 Å². The van der Waals surface area contributed by atoms with Crippen LogP contribution in [-0.2, 0) is 16.4 Å². The van der Waals surface area contributed by atoms with Gasteiger partial charge in [0, 0.05) is 11.9 Å². The molecule has 0 spiro atoms. The van der Waals surface area contributed by atoms with Crippen molar-refractivity contribution in [3.63, 3.8) is 0 Å². The van der Waals surface area contributed by atoms with Crippen LogP contribution in [0.3, 0.4) is 0 Å². The molecule has 1 heterocycles. The Labute approximate surface area is 117 Å². The highest BCUT2D eigenvalue weighted by molar-refractivity contribution is 7.92. The van der Waals surface area contributed by atoms with Crippen LogP contribution in [0.2, 0.25) is 0 Å². The monoisotopic (exact) mass is 288 g/mol. The normalized spacial score (nSPS) is 10.8. The SMILES string of the molecule is Cc1ccnc(NS(=O)(=O)c2ccc(CC#N)cc2)n1. The highest BCUT2D eigenvalue weighted by Crippen LogP contribution is 2.14. The Kier molecular flexibility index (Phi) is 3.96. The van der Waals surface area contributed by atoms with Crippen LogP contribution in [0.25, 0.3) is 0 Å². The number of rotatable bonds is 4. The minimum Gasteiger partial charge on any atom is -0.247 e. The van der Waals surface area contributed by atoms with E-state index >= 15 is 0 Å². The predicted molar refractivity (Wildman–Crippen MR) is 73.3 cm³/mol. The van der Waals surface area contributed by atoms with E-state index in [1.165, 1.54) is 18.3 Å². The number of aryl methyl sites for hydroxylation is 1. The molecular weight excluding hydrogens is 276 g/mol. The minimum absolute atomic E-state index is 0.0334. The number of hydrogen-bond donors (Lipinski definition) is 1. The molecule has 2 rings (SSSR count). The van der Waals surface area contributed by atoms with Gasteiger partial charge in [0.2, 0.25) is 5.95 Å². The highest BCUT2D eigenvalue weighted by atomic mass is 32.2. The lowest BCUT2D eigenvalue weighted by Gasteiger charge is -2.07. The van der Waals surface area contributed by atoms with Crippen LogP contribution in [0.5, 0.6) is 0 Å². The van der Waals surface area contributed by atoms with Gasteiger partial charge in [-0.1, -0.05) is 12.1 Å². The van der Waals surface area contributed by atoms with Gasteiger partial charge in [0.05, 0.1) is 17.4 Å². The zero-order valence-electron chi connectivity index (χ0n) is 10.7. The Morgan fingerprint density at radius 2 is 1.95 bits per heavy atom.